The van der Waals surface area contributed by atoms with Crippen LogP contribution in [-0.2, 0) is 4.74 Å². The number of aliphatic hydroxyl groups is 1. The summed E-state index contributed by atoms with van der Waals surface area (Å²) in [4.78, 5) is 0. The van der Waals surface area contributed by atoms with Gasteiger partial charge in [-0.2, -0.15) is 0 Å². The lowest BCUT2D eigenvalue weighted by Crippen LogP contribution is -2.53. The van der Waals surface area contributed by atoms with Crippen molar-refractivity contribution in [2.75, 3.05) is 26.4 Å². The van der Waals surface area contributed by atoms with Crippen LogP contribution in [0.1, 0.15) is 25.5 Å². The molecule has 5 heteroatoms. The molecule has 0 saturated carbocycles. The Balaban J connectivity index is 2.11. The molecule has 0 aromatic heterocycles. The monoisotopic (exact) mass is 285 g/mol. The highest BCUT2D eigenvalue weighted by Crippen LogP contribution is 2.29. The highest BCUT2D eigenvalue weighted by molar-refractivity contribution is 5.22. The predicted molar refractivity (Wildman–Crippen MR) is 72.3 cm³/mol. The van der Waals surface area contributed by atoms with Crippen LogP contribution >= 0.6 is 0 Å². The third-order valence-electron chi connectivity index (χ3n) is 3.81. The molecular formula is C15H21F2NO2. The van der Waals surface area contributed by atoms with Crippen LogP contribution in [0.25, 0.3) is 0 Å². The second-order valence-corrected chi connectivity index (χ2v) is 5.92. The van der Waals surface area contributed by atoms with E-state index in [9.17, 15) is 13.9 Å². The van der Waals surface area contributed by atoms with Gasteiger partial charge in [0, 0.05) is 24.2 Å². The Morgan fingerprint density at radius 3 is 2.50 bits per heavy atom. The van der Waals surface area contributed by atoms with E-state index in [2.05, 4.69) is 5.32 Å². The summed E-state index contributed by atoms with van der Waals surface area (Å²) < 4.78 is 32.0. The Morgan fingerprint density at radius 1 is 1.35 bits per heavy atom. The minimum atomic E-state index is -0.576. The first-order chi connectivity index (χ1) is 9.47. The number of ether oxygens (including phenoxy) is 1. The summed E-state index contributed by atoms with van der Waals surface area (Å²) in [5, 5.41) is 12.7. The number of hydrogen-bond acceptors (Lipinski definition) is 3. The Hall–Kier alpha value is -1.04. The standard InChI is InChI=1S/C15H21F2NO2/c1-10(2)14(12-4-3-11(16)5-13(12)17)18-6-15(7-19)8-20-9-15/h3-5,10,14,18-19H,6-9H2,1-2H3. The number of rotatable bonds is 6. The van der Waals surface area contributed by atoms with Gasteiger partial charge in [-0.05, 0) is 12.0 Å². The second kappa shape index (κ2) is 6.16. The molecule has 1 atom stereocenters. The van der Waals surface area contributed by atoms with Crippen molar-refractivity contribution in [1.82, 2.24) is 5.32 Å². The van der Waals surface area contributed by atoms with Gasteiger partial charge in [-0.15, -0.1) is 0 Å². The van der Waals surface area contributed by atoms with Crippen LogP contribution in [0.15, 0.2) is 18.2 Å². The van der Waals surface area contributed by atoms with Crippen molar-refractivity contribution < 1.29 is 18.6 Å². The number of aliphatic hydroxyl groups excluding tert-OH is 1. The van der Waals surface area contributed by atoms with Crippen LogP contribution in [0, 0.1) is 23.0 Å². The molecule has 1 unspecified atom stereocenters. The average molecular weight is 285 g/mol. The molecule has 1 aromatic carbocycles. The van der Waals surface area contributed by atoms with Crippen molar-refractivity contribution in [1.29, 1.82) is 0 Å². The van der Waals surface area contributed by atoms with Crippen molar-refractivity contribution in [2.24, 2.45) is 11.3 Å². The lowest BCUT2D eigenvalue weighted by molar-refractivity contribution is -0.135. The fraction of sp³-hybridized carbons (Fsp3) is 0.600. The maximum atomic E-state index is 13.9. The van der Waals surface area contributed by atoms with Crippen LogP contribution in [0.2, 0.25) is 0 Å². The summed E-state index contributed by atoms with van der Waals surface area (Å²) in [5.41, 5.74) is 0.179. The summed E-state index contributed by atoms with van der Waals surface area (Å²) in [6.45, 7) is 5.55. The van der Waals surface area contributed by atoms with Gasteiger partial charge in [-0.25, -0.2) is 8.78 Å². The minimum Gasteiger partial charge on any atom is -0.396 e. The first-order valence-electron chi connectivity index (χ1n) is 6.84. The largest absolute Gasteiger partial charge is 0.396 e. The van der Waals surface area contributed by atoms with Gasteiger partial charge in [-0.1, -0.05) is 19.9 Å². The first kappa shape index (κ1) is 15.4. The van der Waals surface area contributed by atoms with Gasteiger partial charge in [0.2, 0.25) is 0 Å². The third-order valence-corrected chi connectivity index (χ3v) is 3.81. The minimum absolute atomic E-state index is 0.0384. The molecule has 3 nitrogen and oxygen atoms in total. The van der Waals surface area contributed by atoms with E-state index in [-0.39, 0.29) is 24.0 Å². The maximum Gasteiger partial charge on any atom is 0.130 e. The van der Waals surface area contributed by atoms with Crippen molar-refractivity contribution in [2.45, 2.75) is 19.9 Å². The highest BCUT2D eigenvalue weighted by atomic mass is 19.1. The molecule has 0 amide bonds. The van der Waals surface area contributed by atoms with Crippen LogP contribution in [0.4, 0.5) is 8.78 Å². The lowest BCUT2D eigenvalue weighted by atomic mass is 9.85. The fourth-order valence-electron chi connectivity index (χ4n) is 2.42. The molecule has 1 heterocycles. The van der Waals surface area contributed by atoms with E-state index in [0.29, 0.717) is 25.3 Å². The van der Waals surface area contributed by atoms with Crippen molar-refractivity contribution in [3.05, 3.63) is 35.4 Å². The first-order valence-corrected chi connectivity index (χ1v) is 6.84. The van der Waals surface area contributed by atoms with Crippen LogP contribution in [0.5, 0.6) is 0 Å². The maximum absolute atomic E-state index is 13.9. The molecule has 2 N–H and O–H groups in total. The average Bonchev–Trinajstić information content (AvgIpc) is 2.34. The van der Waals surface area contributed by atoms with E-state index in [1.807, 2.05) is 13.8 Å². The lowest BCUT2D eigenvalue weighted by Gasteiger charge is -2.41. The van der Waals surface area contributed by atoms with E-state index in [0.717, 1.165) is 6.07 Å². The molecule has 0 spiro atoms. The van der Waals surface area contributed by atoms with Crippen molar-refractivity contribution in [3.8, 4) is 0 Å². The molecule has 0 radical (unpaired) electrons. The van der Waals surface area contributed by atoms with Crippen molar-refractivity contribution >= 4 is 0 Å². The molecule has 1 saturated heterocycles. The highest BCUT2D eigenvalue weighted by Gasteiger charge is 2.38. The van der Waals surface area contributed by atoms with Gasteiger partial charge in [0.25, 0.3) is 0 Å². The quantitative estimate of drug-likeness (QED) is 0.842. The van der Waals surface area contributed by atoms with Crippen LogP contribution in [0.3, 0.4) is 0 Å². The molecular weight excluding hydrogens is 264 g/mol. The molecule has 1 aliphatic heterocycles. The summed E-state index contributed by atoms with van der Waals surface area (Å²) >= 11 is 0. The smallest absolute Gasteiger partial charge is 0.130 e. The molecule has 2 rings (SSSR count). The molecule has 112 valence electrons. The van der Waals surface area contributed by atoms with E-state index in [4.69, 9.17) is 4.74 Å². The van der Waals surface area contributed by atoms with Gasteiger partial charge in [0.05, 0.1) is 25.2 Å². The Kier molecular flexibility index (Phi) is 4.73. The van der Waals surface area contributed by atoms with Gasteiger partial charge >= 0.3 is 0 Å². The zero-order valence-electron chi connectivity index (χ0n) is 11.8. The van der Waals surface area contributed by atoms with Gasteiger partial charge in [0.15, 0.2) is 0 Å². The summed E-state index contributed by atoms with van der Waals surface area (Å²) in [5.74, 6) is -0.973. The third kappa shape index (κ3) is 3.16. The molecule has 1 fully saturated rings. The summed E-state index contributed by atoms with van der Waals surface area (Å²) in [7, 11) is 0. The molecule has 1 aliphatic rings. The molecule has 0 aliphatic carbocycles. The zero-order chi connectivity index (χ0) is 14.8. The Labute approximate surface area is 117 Å². The number of halogens is 2. The molecule has 20 heavy (non-hydrogen) atoms. The van der Waals surface area contributed by atoms with Gasteiger partial charge in [-0.3, -0.25) is 0 Å². The zero-order valence-corrected chi connectivity index (χ0v) is 11.8. The van der Waals surface area contributed by atoms with E-state index in [1.165, 1.54) is 12.1 Å². The normalized spacial score (nSPS) is 18.9. The van der Waals surface area contributed by atoms with Crippen molar-refractivity contribution in [3.63, 3.8) is 0 Å². The fourth-order valence-corrected chi connectivity index (χ4v) is 2.42. The Morgan fingerprint density at radius 2 is 2.05 bits per heavy atom. The van der Waals surface area contributed by atoms with E-state index in [1.54, 1.807) is 0 Å². The van der Waals surface area contributed by atoms with Gasteiger partial charge in [0.1, 0.15) is 11.6 Å². The SMILES string of the molecule is CC(C)C(NCC1(CO)COC1)c1ccc(F)cc1F. The van der Waals surface area contributed by atoms with Gasteiger partial charge < -0.3 is 15.2 Å². The topological polar surface area (TPSA) is 41.5 Å². The molecule has 0 bridgehead atoms. The summed E-state index contributed by atoms with van der Waals surface area (Å²) in [6, 6.07) is 3.43. The number of hydrogen-bond donors (Lipinski definition) is 2. The Bertz CT molecular complexity index is 456. The van der Waals surface area contributed by atoms with Crippen LogP contribution in [-0.4, -0.2) is 31.5 Å². The van der Waals surface area contributed by atoms with E-state index < -0.39 is 11.6 Å². The predicted octanol–water partition coefficient (Wildman–Crippen LogP) is 2.26. The number of benzene rings is 1. The summed E-state index contributed by atoms with van der Waals surface area (Å²) in [6.07, 6.45) is 0. The second-order valence-electron chi connectivity index (χ2n) is 5.92. The molecule has 1 aromatic rings. The number of nitrogens with one attached hydrogen (secondary N) is 1. The van der Waals surface area contributed by atoms with E-state index >= 15 is 0 Å². The van der Waals surface area contributed by atoms with Crippen LogP contribution < -0.4 is 5.32 Å².